The molecule has 1 atom stereocenters. The zero-order valence-corrected chi connectivity index (χ0v) is 14.7. The third-order valence-electron chi connectivity index (χ3n) is 3.99. The van der Waals surface area contributed by atoms with Gasteiger partial charge >= 0.3 is 18.2 Å². The van der Waals surface area contributed by atoms with Crippen LogP contribution in [0.5, 0.6) is 0 Å². The molecule has 0 radical (unpaired) electrons. The number of carbonyl (C=O) groups excluding carboxylic acids is 1. The molecule has 0 spiro atoms. The highest BCUT2D eigenvalue weighted by atomic mass is 19.4. The third-order valence-corrected chi connectivity index (χ3v) is 3.99. The van der Waals surface area contributed by atoms with Crippen molar-refractivity contribution in [1.82, 2.24) is 10.6 Å². The lowest BCUT2D eigenvalue weighted by molar-refractivity contribution is -0.137. The topological polar surface area (TPSA) is 98.7 Å². The average molecular weight is 396 g/mol. The first-order valence-electron chi connectivity index (χ1n) is 8.35. The number of carbonyl (C=O) groups is 2. The Morgan fingerprint density at radius 1 is 1.07 bits per heavy atom. The van der Waals surface area contributed by atoms with Gasteiger partial charge in [0.1, 0.15) is 0 Å². The minimum Gasteiger partial charge on any atom is -0.478 e. The van der Waals surface area contributed by atoms with E-state index >= 15 is 0 Å². The van der Waals surface area contributed by atoms with E-state index in [-0.39, 0.29) is 30.7 Å². The van der Waals surface area contributed by atoms with Gasteiger partial charge in [0.2, 0.25) is 0 Å². The molecule has 0 saturated carbocycles. The Hall–Kier alpha value is -3.07. The summed E-state index contributed by atoms with van der Waals surface area (Å²) in [4.78, 5) is 22.9. The number of urea groups is 1. The second-order valence-electron chi connectivity index (χ2n) is 6.02. The summed E-state index contributed by atoms with van der Waals surface area (Å²) in [5, 5.41) is 23.1. The Kier molecular flexibility index (Phi) is 7.00. The summed E-state index contributed by atoms with van der Waals surface area (Å²) in [7, 11) is 0. The first-order valence-corrected chi connectivity index (χ1v) is 8.35. The highest BCUT2D eigenvalue weighted by Crippen LogP contribution is 2.31. The monoisotopic (exact) mass is 396 g/mol. The fourth-order valence-electron chi connectivity index (χ4n) is 2.54. The lowest BCUT2D eigenvalue weighted by Crippen LogP contribution is -2.38. The van der Waals surface area contributed by atoms with Crippen molar-refractivity contribution < 1.29 is 33.0 Å². The summed E-state index contributed by atoms with van der Waals surface area (Å²) in [6.07, 6.45) is -4.47. The molecule has 6 nitrogen and oxygen atoms in total. The molecule has 28 heavy (non-hydrogen) atoms. The minimum absolute atomic E-state index is 0.0437. The van der Waals surface area contributed by atoms with Crippen LogP contribution < -0.4 is 10.6 Å². The van der Waals surface area contributed by atoms with Gasteiger partial charge in [-0.3, -0.25) is 0 Å². The number of halogens is 3. The van der Waals surface area contributed by atoms with Gasteiger partial charge in [-0.2, -0.15) is 13.2 Å². The number of aliphatic hydroxyl groups is 1. The van der Waals surface area contributed by atoms with E-state index in [0.717, 1.165) is 12.1 Å². The molecule has 0 fully saturated rings. The molecule has 0 aliphatic rings. The maximum Gasteiger partial charge on any atom is 0.416 e. The molecular formula is C19H19F3N2O4. The Morgan fingerprint density at radius 3 is 2.32 bits per heavy atom. The number of rotatable bonds is 7. The van der Waals surface area contributed by atoms with Crippen LogP contribution in [0.2, 0.25) is 0 Å². The Morgan fingerprint density at radius 2 is 1.75 bits per heavy atom. The van der Waals surface area contributed by atoms with Gasteiger partial charge in [0.05, 0.1) is 17.2 Å². The summed E-state index contributed by atoms with van der Waals surface area (Å²) in [5.74, 6) is -1.06. The van der Waals surface area contributed by atoms with Gasteiger partial charge < -0.3 is 20.8 Å². The highest BCUT2D eigenvalue weighted by molar-refractivity contribution is 5.87. The molecule has 1 unspecified atom stereocenters. The average Bonchev–Trinajstić information content (AvgIpc) is 2.66. The number of aromatic carboxylic acids is 1. The number of amides is 2. The molecule has 4 N–H and O–H groups in total. The minimum atomic E-state index is -4.51. The van der Waals surface area contributed by atoms with Crippen LogP contribution in [-0.2, 0) is 12.7 Å². The van der Waals surface area contributed by atoms with E-state index in [1.165, 1.54) is 24.3 Å². The van der Waals surface area contributed by atoms with E-state index in [0.29, 0.717) is 5.56 Å². The second-order valence-corrected chi connectivity index (χ2v) is 6.02. The molecule has 0 aliphatic heterocycles. The summed E-state index contributed by atoms with van der Waals surface area (Å²) in [5.41, 5.74) is 0.150. The molecule has 0 bridgehead atoms. The quantitative estimate of drug-likeness (QED) is 0.577. The van der Waals surface area contributed by atoms with E-state index in [1.54, 1.807) is 12.1 Å². The maximum absolute atomic E-state index is 12.9. The third kappa shape index (κ3) is 5.98. The van der Waals surface area contributed by atoms with E-state index in [1.807, 2.05) is 0 Å². The SMILES string of the molecule is O=C(NCc1ccc(C(=O)O)cc1)NC(CCO)c1cccc(C(F)(F)F)c1. The van der Waals surface area contributed by atoms with Crippen molar-refractivity contribution in [2.24, 2.45) is 0 Å². The van der Waals surface area contributed by atoms with E-state index in [9.17, 15) is 27.9 Å². The number of benzene rings is 2. The number of aliphatic hydroxyl groups excluding tert-OH is 1. The van der Waals surface area contributed by atoms with Crippen LogP contribution in [-0.4, -0.2) is 28.8 Å². The smallest absolute Gasteiger partial charge is 0.416 e. The highest BCUT2D eigenvalue weighted by Gasteiger charge is 2.31. The van der Waals surface area contributed by atoms with Gasteiger partial charge in [0, 0.05) is 13.2 Å². The maximum atomic E-state index is 12.9. The predicted octanol–water partition coefficient (Wildman–Crippen LogP) is 3.33. The van der Waals surface area contributed by atoms with Crippen LogP contribution >= 0.6 is 0 Å². The summed E-state index contributed by atoms with van der Waals surface area (Å²) in [6, 6.07) is 9.00. The van der Waals surface area contributed by atoms with E-state index in [4.69, 9.17) is 5.11 Å². The van der Waals surface area contributed by atoms with Crippen molar-refractivity contribution in [2.45, 2.75) is 25.2 Å². The van der Waals surface area contributed by atoms with E-state index < -0.39 is 29.8 Å². The lowest BCUT2D eigenvalue weighted by atomic mass is 10.0. The number of hydrogen-bond acceptors (Lipinski definition) is 3. The summed E-state index contributed by atoms with van der Waals surface area (Å²) < 4.78 is 38.6. The molecular weight excluding hydrogens is 377 g/mol. The van der Waals surface area contributed by atoms with E-state index in [2.05, 4.69) is 10.6 Å². The molecule has 2 rings (SSSR count). The first kappa shape index (κ1) is 21.2. The second kappa shape index (κ2) is 9.23. The van der Waals surface area contributed by atoms with Gasteiger partial charge in [-0.25, -0.2) is 9.59 Å². The molecule has 0 aromatic heterocycles. The van der Waals surface area contributed by atoms with Gasteiger partial charge in [0.25, 0.3) is 0 Å². The van der Waals surface area contributed by atoms with Gasteiger partial charge in [-0.15, -0.1) is 0 Å². The van der Waals surface area contributed by atoms with Crippen LogP contribution in [0.4, 0.5) is 18.0 Å². The van der Waals surface area contributed by atoms with Crippen LogP contribution in [0.3, 0.4) is 0 Å². The molecule has 0 saturated heterocycles. The largest absolute Gasteiger partial charge is 0.478 e. The first-order chi connectivity index (χ1) is 13.2. The number of hydrogen-bond donors (Lipinski definition) is 4. The number of nitrogens with one attached hydrogen (secondary N) is 2. The van der Waals surface area contributed by atoms with Crippen molar-refractivity contribution in [1.29, 1.82) is 0 Å². The molecule has 2 aromatic carbocycles. The van der Waals surface area contributed by atoms with Gasteiger partial charge in [0.15, 0.2) is 0 Å². The lowest BCUT2D eigenvalue weighted by Gasteiger charge is -2.20. The number of alkyl halides is 3. The van der Waals surface area contributed by atoms with Crippen LogP contribution in [0.25, 0.3) is 0 Å². The molecule has 0 aliphatic carbocycles. The normalized spacial score (nSPS) is 12.3. The van der Waals surface area contributed by atoms with Crippen LogP contribution in [0.15, 0.2) is 48.5 Å². The number of carboxylic acids is 1. The van der Waals surface area contributed by atoms with Gasteiger partial charge in [-0.1, -0.05) is 24.3 Å². The van der Waals surface area contributed by atoms with Crippen molar-refractivity contribution in [3.8, 4) is 0 Å². The zero-order chi connectivity index (χ0) is 20.7. The summed E-state index contributed by atoms with van der Waals surface area (Å²) in [6.45, 7) is -0.224. The number of carboxylic acid groups (broad SMARTS) is 1. The fraction of sp³-hybridized carbons (Fsp3) is 0.263. The van der Waals surface area contributed by atoms with Crippen LogP contribution in [0, 0.1) is 0 Å². The van der Waals surface area contributed by atoms with Crippen LogP contribution in [0.1, 0.15) is 39.5 Å². The molecule has 9 heteroatoms. The predicted molar refractivity (Wildman–Crippen MR) is 94.7 cm³/mol. The van der Waals surface area contributed by atoms with Gasteiger partial charge in [-0.05, 0) is 41.8 Å². The zero-order valence-electron chi connectivity index (χ0n) is 14.7. The molecule has 150 valence electrons. The van der Waals surface area contributed by atoms with Crippen molar-refractivity contribution in [2.75, 3.05) is 6.61 Å². The molecule has 0 heterocycles. The van der Waals surface area contributed by atoms with Crippen molar-refractivity contribution in [3.05, 3.63) is 70.8 Å². The molecule has 2 amide bonds. The van der Waals surface area contributed by atoms with Crippen molar-refractivity contribution in [3.63, 3.8) is 0 Å². The Bertz CT molecular complexity index is 823. The standard InChI is InChI=1S/C19H19F3N2O4/c20-19(21,22)15-3-1-2-14(10-15)16(8-9-25)24-18(28)23-11-12-4-6-13(7-5-12)17(26)27/h1-7,10,16,25H,8-9,11H2,(H,26,27)(H2,23,24,28). The Balaban J connectivity index is 2.01. The Labute approximate surface area is 159 Å². The van der Waals surface area contributed by atoms with Crippen molar-refractivity contribution >= 4 is 12.0 Å². The molecule has 2 aromatic rings. The summed E-state index contributed by atoms with van der Waals surface area (Å²) >= 11 is 0. The fourth-order valence-corrected chi connectivity index (χ4v) is 2.54.